The van der Waals surface area contributed by atoms with Gasteiger partial charge in [-0.1, -0.05) is 75.9 Å². The standard InChI is InChI=1S/C9H10Br4/c10-7(11)6-3-5-1-2-9(6,4-5)8(12)13/h1-2,5-8H,3-4H2. The molecule has 3 unspecified atom stereocenters. The summed E-state index contributed by atoms with van der Waals surface area (Å²) in [6.45, 7) is 0. The lowest BCUT2D eigenvalue weighted by Gasteiger charge is -2.35. The van der Waals surface area contributed by atoms with Crippen LogP contribution in [0.15, 0.2) is 12.2 Å². The topological polar surface area (TPSA) is 0 Å². The normalized spacial score (nSPS) is 42.6. The highest BCUT2D eigenvalue weighted by Crippen LogP contribution is 2.61. The molecule has 0 nitrogen and oxygen atoms in total. The maximum absolute atomic E-state index is 3.68. The lowest BCUT2D eigenvalue weighted by molar-refractivity contribution is 0.333. The van der Waals surface area contributed by atoms with Gasteiger partial charge >= 0.3 is 0 Å². The van der Waals surface area contributed by atoms with Gasteiger partial charge in [0, 0.05) is 5.41 Å². The molecule has 2 aliphatic rings. The summed E-state index contributed by atoms with van der Waals surface area (Å²) in [6, 6.07) is 0. The van der Waals surface area contributed by atoms with E-state index in [1.54, 1.807) is 0 Å². The fourth-order valence-corrected chi connectivity index (χ4v) is 5.32. The molecule has 4 heteroatoms. The molecule has 1 fully saturated rings. The van der Waals surface area contributed by atoms with Crippen LogP contribution in [0.2, 0.25) is 0 Å². The van der Waals surface area contributed by atoms with Crippen molar-refractivity contribution in [2.45, 2.75) is 20.3 Å². The van der Waals surface area contributed by atoms with E-state index < -0.39 is 0 Å². The SMILES string of the molecule is BrC(Br)C1CC2C=CC1(C(Br)Br)C2. The summed E-state index contributed by atoms with van der Waals surface area (Å²) in [7, 11) is 0. The first-order valence-electron chi connectivity index (χ1n) is 4.32. The second kappa shape index (κ2) is 3.91. The number of hydrogen-bond acceptors (Lipinski definition) is 0. The summed E-state index contributed by atoms with van der Waals surface area (Å²) >= 11 is 14.7. The molecule has 0 heterocycles. The number of halogens is 4. The van der Waals surface area contributed by atoms with E-state index in [2.05, 4.69) is 75.9 Å². The third-order valence-corrected chi connectivity index (χ3v) is 6.23. The number of rotatable bonds is 2. The van der Waals surface area contributed by atoms with E-state index in [1.807, 2.05) is 0 Å². The van der Waals surface area contributed by atoms with Crippen molar-refractivity contribution in [3.63, 3.8) is 0 Å². The Morgan fingerprint density at radius 1 is 1.23 bits per heavy atom. The summed E-state index contributed by atoms with van der Waals surface area (Å²) in [5.74, 6) is 1.48. The van der Waals surface area contributed by atoms with E-state index in [9.17, 15) is 0 Å². The minimum Gasteiger partial charge on any atom is -0.0847 e. The molecular formula is C9H10Br4. The van der Waals surface area contributed by atoms with E-state index in [4.69, 9.17) is 0 Å². The van der Waals surface area contributed by atoms with E-state index >= 15 is 0 Å². The fourth-order valence-electron chi connectivity index (χ4n) is 2.55. The first-order valence-corrected chi connectivity index (χ1v) is 7.98. The van der Waals surface area contributed by atoms with E-state index in [0.29, 0.717) is 18.8 Å². The molecule has 3 atom stereocenters. The quantitative estimate of drug-likeness (QED) is 0.430. The van der Waals surface area contributed by atoms with Crippen LogP contribution in [0.25, 0.3) is 0 Å². The second-order valence-corrected chi connectivity index (χ2v) is 10.2. The molecule has 0 radical (unpaired) electrons. The Labute approximate surface area is 112 Å². The van der Waals surface area contributed by atoms with Crippen molar-refractivity contribution in [3.05, 3.63) is 12.2 Å². The van der Waals surface area contributed by atoms with Crippen LogP contribution in [0.3, 0.4) is 0 Å². The molecule has 0 saturated heterocycles. The predicted octanol–water partition coefficient (Wildman–Crippen LogP) is 4.80. The van der Waals surface area contributed by atoms with Gasteiger partial charge in [-0.05, 0) is 24.7 Å². The van der Waals surface area contributed by atoms with E-state index in [0.717, 1.165) is 5.92 Å². The molecule has 2 bridgehead atoms. The third kappa shape index (κ3) is 1.74. The van der Waals surface area contributed by atoms with E-state index in [-0.39, 0.29) is 0 Å². The first-order chi connectivity index (χ1) is 6.06. The lowest BCUT2D eigenvalue weighted by Crippen LogP contribution is -2.32. The number of fused-ring (bicyclic) bond motifs is 2. The highest BCUT2D eigenvalue weighted by atomic mass is 79.9. The Morgan fingerprint density at radius 3 is 2.31 bits per heavy atom. The van der Waals surface area contributed by atoms with Gasteiger partial charge in [0.2, 0.25) is 0 Å². The summed E-state index contributed by atoms with van der Waals surface area (Å²) in [4.78, 5) is 0. The van der Waals surface area contributed by atoms with Crippen LogP contribution in [0, 0.1) is 17.3 Å². The van der Waals surface area contributed by atoms with Crippen LogP contribution in [-0.2, 0) is 0 Å². The molecular weight excluding hydrogens is 428 g/mol. The predicted molar refractivity (Wildman–Crippen MR) is 71.1 cm³/mol. The highest BCUT2D eigenvalue weighted by Gasteiger charge is 2.53. The Balaban J connectivity index is 2.28. The molecule has 2 aliphatic carbocycles. The zero-order valence-corrected chi connectivity index (χ0v) is 13.2. The van der Waals surface area contributed by atoms with Crippen LogP contribution >= 0.6 is 63.7 Å². The monoisotopic (exact) mass is 434 g/mol. The van der Waals surface area contributed by atoms with E-state index in [1.165, 1.54) is 12.8 Å². The van der Waals surface area contributed by atoms with Crippen LogP contribution in [0.4, 0.5) is 0 Å². The molecule has 0 aromatic heterocycles. The lowest BCUT2D eigenvalue weighted by atomic mass is 9.81. The largest absolute Gasteiger partial charge is 0.0847 e. The molecule has 1 saturated carbocycles. The highest BCUT2D eigenvalue weighted by molar-refractivity contribution is 9.25. The van der Waals surface area contributed by atoms with Gasteiger partial charge < -0.3 is 0 Å². The fraction of sp³-hybridized carbons (Fsp3) is 0.778. The van der Waals surface area contributed by atoms with Gasteiger partial charge in [-0.25, -0.2) is 0 Å². The zero-order chi connectivity index (χ0) is 9.64. The molecule has 0 N–H and O–H groups in total. The van der Waals surface area contributed by atoms with Gasteiger partial charge in [-0.15, -0.1) is 0 Å². The summed E-state index contributed by atoms with van der Waals surface area (Å²) < 4.78 is 0.811. The van der Waals surface area contributed by atoms with Gasteiger partial charge in [0.25, 0.3) is 0 Å². The molecule has 0 spiro atoms. The number of alkyl halides is 4. The van der Waals surface area contributed by atoms with Gasteiger partial charge in [0.15, 0.2) is 0 Å². The average molecular weight is 438 g/mol. The van der Waals surface area contributed by atoms with Crippen LogP contribution in [-0.4, -0.2) is 7.47 Å². The number of allylic oxidation sites excluding steroid dienone is 2. The van der Waals surface area contributed by atoms with Gasteiger partial charge in [0.05, 0.1) is 7.47 Å². The van der Waals surface area contributed by atoms with Gasteiger partial charge in [-0.2, -0.15) is 0 Å². The van der Waals surface area contributed by atoms with Crippen molar-refractivity contribution in [1.82, 2.24) is 0 Å². The molecule has 0 aromatic rings. The van der Waals surface area contributed by atoms with Crippen LogP contribution in [0.1, 0.15) is 12.8 Å². The number of hydrogen-bond donors (Lipinski definition) is 0. The Hall–Kier alpha value is 1.66. The maximum Gasteiger partial charge on any atom is 0.0791 e. The zero-order valence-electron chi connectivity index (χ0n) is 6.89. The molecule has 0 aliphatic heterocycles. The van der Waals surface area contributed by atoms with Crippen molar-refractivity contribution < 1.29 is 0 Å². The summed E-state index contributed by atoms with van der Waals surface area (Å²) in [6.07, 6.45) is 7.34. The van der Waals surface area contributed by atoms with Crippen molar-refractivity contribution in [1.29, 1.82) is 0 Å². The van der Waals surface area contributed by atoms with Crippen molar-refractivity contribution in [2.24, 2.45) is 17.3 Å². The average Bonchev–Trinajstić information content (AvgIpc) is 2.60. The van der Waals surface area contributed by atoms with Crippen molar-refractivity contribution >= 4 is 63.7 Å². The second-order valence-electron chi connectivity index (χ2n) is 3.91. The molecule has 0 amide bonds. The smallest absolute Gasteiger partial charge is 0.0791 e. The Morgan fingerprint density at radius 2 is 1.92 bits per heavy atom. The molecule has 0 aromatic carbocycles. The molecule has 2 rings (SSSR count). The van der Waals surface area contributed by atoms with Crippen molar-refractivity contribution in [2.75, 3.05) is 0 Å². The van der Waals surface area contributed by atoms with Gasteiger partial charge in [-0.3, -0.25) is 0 Å². The van der Waals surface area contributed by atoms with Crippen molar-refractivity contribution in [3.8, 4) is 0 Å². The minimum absolute atomic E-state index is 0.308. The van der Waals surface area contributed by atoms with Gasteiger partial charge in [0.1, 0.15) is 0 Å². The first kappa shape index (κ1) is 11.2. The molecule has 74 valence electrons. The Kier molecular flexibility index (Phi) is 3.36. The maximum atomic E-state index is 3.68. The minimum atomic E-state index is 0.308. The summed E-state index contributed by atoms with van der Waals surface area (Å²) in [5.41, 5.74) is 0.308. The third-order valence-electron chi connectivity index (χ3n) is 3.25. The van der Waals surface area contributed by atoms with Crippen LogP contribution < -0.4 is 0 Å². The van der Waals surface area contributed by atoms with Crippen LogP contribution in [0.5, 0.6) is 0 Å². The Bertz CT molecular complexity index is 236. The molecule has 13 heavy (non-hydrogen) atoms. The summed E-state index contributed by atoms with van der Waals surface area (Å²) in [5, 5.41) is 0.